The molecule has 0 aromatic heterocycles. The molecule has 6 nitrogen and oxygen atoms in total. The summed E-state index contributed by atoms with van der Waals surface area (Å²) in [6.45, 7) is 4.05. The molecule has 1 aromatic carbocycles. The summed E-state index contributed by atoms with van der Waals surface area (Å²) in [6, 6.07) is 6.70. The molecule has 128 valence electrons. The van der Waals surface area contributed by atoms with Gasteiger partial charge in [0.25, 0.3) is 0 Å². The van der Waals surface area contributed by atoms with E-state index in [0.717, 1.165) is 18.6 Å². The van der Waals surface area contributed by atoms with E-state index in [2.05, 4.69) is 10.0 Å². The van der Waals surface area contributed by atoms with Crippen molar-refractivity contribution in [1.82, 2.24) is 10.0 Å². The number of hydrogen-bond donors (Lipinski definition) is 2. The average Bonchev–Trinajstić information content (AvgIpc) is 3.00. The fourth-order valence-corrected chi connectivity index (χ4v) is 3.48. The third-order valence-corrected chi connectivity index (χ3v) is 5.27. The molecule has 2 rings (SSSR count). The van der Waals surface area contributed by atoms with Gasteiger partial charge in [-0.05, 0) is 37.8 Å². The zero-order valence-corrected chi connectivity index (χ0v) is 14.2. The lowest BCUT2D eigenvalue weighted by Crippen LogP contribution is -2.30. The highest BCUT2D eigenvalue weighted by atomic mass is 32.2. The molecule has 2 N–H and O–H groups in total. The van der Waals surface area contributed by atoms with Crippen LogP contribution in [0.25, 0.3) is 0 Å². The van der Waals surface area contributed by atoms with Crippen molar-refractivity contribution in [2.24, 2.45) is 5.92 Å². The van der Waals surface area contributed by atoms with Crippen LogP contribution in [-0.2, 0) is 19.6 Å². The van der Waals surface area contributed by atoms with Gasteiger partial charge in [-0.15, -0.1) is 0 Å². The van der Waals surface area contributed by atoms with Crippen LogP contribution >= 0.6 is 0 Å². The Hall–Kier alpha value is -1.44. The van der Waals surface area contributed by atoms with Crippen LogP contribution in [0, 0.1) is 12.8 Å². The predicted molar refractivity (Wildman–Crippen MR) is 87.5 cm³/mol. The summed E-state index contributed by atoms with van der Waals surface area (Å²) in [5, 5.41) is 2.81. The molecule has 0 saturated carbocycles. The molecule has 1 saturated heterocycles. The minimum atomic E-state index is -3.48. The van der Waals surface area contributed by atoms with E-state index in [-0.39, 0.29) is 10.8 Å². The van der Waals surface area contributed by atoms with E-state index < -0.39 is 10.0 Å². The standard InChI is InChI=1S/C16H24N2O4S/c1-13-3-5-15(6-4-13)23(20,21)18-9-2-8-17-16(19)11-14-7-10-22-12-14/h3-6,14,18H,2,7-12H2,1H3,(H,17,19)/t14-/m1/s1. The summed E-state index contributed by atoms with van der Waals surface area (Å²) < 4.78 is 31.9. The summed E-state index contributed by atoms with van der Waals surface area (Å²) in [5.41, 5.74) is 1.01. The molecule has 1 aliphatic heterocycles. The molecular weight excluding hydrogens is 316 g/mol. The van der Waals surface area contributed by atoms with Crippen molar-refractivity contribution in [3.63, 3.8) is 0 Å². The number of benzene rings is 1. The van der Waals surface area contributed by atoms with Gasteiger partial charge in [-0.3, -0.25) is 4.79 Å². The number of carbonyl (C=O) groups excluding carboxylic acids is 1. The normalized spacial score (nSPS) is 18.0. The second kappa shape index (κ2) is 8.42. The molecule has 1 fully saturated rings. The van der Waals surface area contributed by atoms with Gasteiger partial charge in [-0.25, -0.2) is 13.1 Å². The number of amides is 1. The maximum Gasteiger partial charge on any atom is 0.240 e. The second-order valence-electron chi connectivity index (χ2n) is 5.85. The van der Waals surface area contributed by atoms with E-state index in [1.54, 1.807) is 24.3 Å². The summed E-state index contributed by atoms with van der Waals surface area (Å²) in [6.07, 6.45) is 1.97. The Labute approximate surface area is 137 Å². The lowest BCUT2D eigenvalue weighted by atomic mass is 10.1. The van der Waals surface area contributed by atoms with Gasteiger partial charge in [0.1, 0.15) is 0 Å². The SMILES string of the molecule is Cc1ccc(S(=O)(=O)NCCCNC(=O)C[C@H]2CCOC2)cc1. The van der Waals surface area contributed by atoms with Crippen LogP contribution < -0.4 is 10.0 Å². The number of aryl methyl sites for hydroxylation is 1. The molecule has 1 atom stereocenters. The van der Waals surface area contributed by atoms with Crippen LogP contribution in [0.5, 0.6) is 0 Å². The lowest BCUT2D eigenvalue weighted by molar-refractivity contribution is -0.122. The fourth-order valence-electron chi connectivity index (χ4n) is 2.40. The highest BCUT2D eigenvalue weighted by molar-refractivity contribution is 7.89. The summed E-state index contributed by atoms with van der Waals surface area (Å²) >= 11 is 0. The van der Waals surface area contributed by atoms with E-state index in [9.17, 15) is 13.2 Å². The minimum Gasteiger partial charge on any atom is -0.381 e. The first kappa shape index (κ1) is 17.9. The molecular formula is C16H24N2O4S. The van der Waals surface area contributed by atoms with Crippen LogP contribution in [0.2, 0.25) is 0 Å². The highest BCUT2D eigenvalue weighted by Gasteiger charge is 2.18. The average molecular weight is 340 g/mol. The van der Waals surface area contributed by atoms with Gasteiger partial charge >= 0.3 is 0 Å². The third kappa shape index (κ3) is 5.93. The Morgan fingerprint density at radius 2 is 2.00 bits per heavy atom. The van der Waals surface area contributed by atoms with Crippen LogP contribution in [0.4, 0.5) is 0 Å². The van der Waals surface area contributed by atoms with Crippen molar-refractivity contribution in [3.05, 3.63) is 29.8 Å². The monoisotopic (exact) mass is 340 g/mol. The zero-order chi connectivity index (χ0) is 16.7. The summed E-state index contributed by atoms with van der Waals surface area (Å²) in [4.78, 5) is 12.0. The largest absolute Gasteiger partial charge is 0.381 e. The maximum atomic E-state index is 12.1. The van der Waals surface area contributed by atoms with E-state index in [1.807, 2.05) is 6.92 Å². The Morgan fingerprint density at radius 1 is 1.26 bits per heavy atom. The number of nitrogens with one attached hydrogen (secondary N) is 2. The van der Waals surface area contributed by atoms with E-state index in [0.29, 0.717) is 38.5 Å². The van der Waals surface area contributed by atoms with Gasteiger partial charge in [0.15, 0.2) is 0 Å². The molecule has 0 spiro atoms. The maximum absolute atomic E-state index is 12.1. The third-order valence-electron chi connectivity index (χ3n) is 3.80. The molecule has 1 heterocycles. The number of hydrogen-bond acceptors (Lipinski definition) is 4. The lowest BCUT2D eigenvalue weighted by Gasteiger charge is -2.09. The molecule has 1 amide bonds. The van der Waals surface area contributed by atoms with Crippen LogP contribution in [0.3, 0.4) is 0 Å². The van der Waals surface area contributed by atoms with Gasteiger partial charge in [-0.2, -0.15) is 0 Å². The molecule has 1 aliphatic rings. The molecule has 1 aromatic rings. The smallest absolute Gasteiger partial charge is 0.240 e. The van der Waals surface area contributed by atoms with Crippen LogP contribution in [-0.4, -0.2) is 40.6 Å². The van der Waals surface area contributed by atoms with Gasteiger partial charge in [0.2, 0.25) is 15.9 Å². The van der Waals surface area contributed by atoms with Crippen LogP contribution in [0.15, 0.2) is 29.2 Å². The van der Waals surface area contributed by atoms with Gasteiger partial charge in [-0.1, -0.05) is 17.7 Å². The summed E-state index contributed by atoms with van der Waals surface area (Å²) in [5.74, 6) is 0.317. The van der Waals surface area contributed by atoms with E-state index >= 15 is 0 Å². The number of carbonyl (C=O) groups is 1. The number of sulfonamides is 1. The van der Waals surface area contributed by atoms with E-state index in [4.69, 9.17) is 4.74 Å². The zero-order valence-electron chi connectivity index (χ0n) is 13.4. The molecule has 0 bridgehead atoms. The molecule has 0 aliphatic carbocycles. The second-order valence-corrected chi connectivity index (χ2v) is 7.62. The molecule has 0 radical (unpaired) electrons. The van der Waals surface area contributed by atoms with Crippen molar-refractivity contribution >= 4 is 15.9 Å². The Kier molecular flexibility index (Phi) is 6.56. The molecule has 0 unspecified atom stereocenters. The molecule has 7 heteroatoms. The van der Waals surface area contributed by atoms with Crippen molar-refractivity contribution in [2.45, 2.75) is 31.1 Å². The van der Waals surface area contributed by atoms with Gasteiger partial charge in [0.05, 0.1) is 4.90 Å². The minimum absolute atomic E-state index is 0.00175. The van der Waals surface area contributed by atoms with Crippen molar-refractivity contribution in [2.75, 3.05) is 26.3 Å². The first-order chi connectivity index (χ1) is 11.0. The Balaban J connectivity index is 1.64. The van der Waals surface area contributed by atoms with Crippen molar-refractivity contribution in [3.8, 4) is 0 Å². The molecule has 23 heavy (non-hydrogen) atoms. The first-order valence-electron chi connectivity index (χ1n) is 7.88. The van der Waals surface area contributed by atoms with Crippen molar-refractivity contribution < 1.29 is 17.9 Å². The van der Waals surface area contributed by atoms with Crippen LogP contribution in [0.1, 0.15) is 24.8 Å². The van der Waals surface area contributed by atoms with E-state index in [1.165, 1.54) is 0 Å². The van der Waals surface area contributed by atoms with Gasteiger partial charge in [0, 0.05) is 32.7 Å². The first-order valence-corrected chi connectivity index (χ1v) is 9.36. The highest BCUT2D eigenvalue weighted by Crippen LogP contribution is 2.15. The fraction of sp³-hybridized carbons (Fsp3) is 0.562. The summed E-state index contributed by atoms with van der Waals surface area (Å²) in [7, 11) is -3.48. The Morgan fingerprint density at radius 3 is 2.65 bits per heavy atom. The number of rotatable bonds is 8. The predicted octanol–water partition coefficient (Wildman–Crippen LogP) is 1.21. The quantitative estimate of drug-likeness (QED) is 0.697. The van der Waals surface area contributed by atoms with Gasteiger partial charge < -0.3 is 10.1 Å². The van der Waals surface area contributed by atoms with Crippen molar-refractivity contribution in [1.29, 1.82) is 0 Å². The number of ether oxygens (including phenoxy) is 1. The Bertz CT molecular complexity index is 607. The topological polar surface area (TPSA) is 84.5 Å².